The molecule has 0 saturated carbocycles. The Kier molecular flexibility index (Phi) is 4.80. The Hall–Kier alpha value is -1.55. The molecular formula is C15H17BrN2O. The largest absolute Gasteiger partial charge is 0.385 e. The fourth-order valence-corrected chi connectivity index (χ4v) is 2.53. The summed E-state index contributed by atoms with van der Waals surface area (Å²) in [5.41, 5.74) is 1.97. The van der Waals surface area contributed by atoms with E-state index in [1.54, 1.807) is 4.57 Å². The topological polar surface area (TPSA) is 34.0 Å². The number of benzene rings is 1. The van der Waals surface area contributed by atoms with Gasteiger partial charge in [0.25, 0.3) is 5.56 Å². The van der Waals surface area contributed by atoms with Gasteiger partial charge in [-0.15, -0.1) is 0 Å². The molecule has 0 aliphatic rings. The fraction of sp³-hybridized carbons (Fsp3) is 0.267. The number of anilines is 1. The van der Waals surface area contributed by atoms with Crippen molar-refractivity contribution in [1.82, 2.24) is 4.57 Å². The third kappa shape index (κ3) is 3.96. The smallest absolute Gasteiger partial charge is 0.253 e. The number of aromatic nitrogens is 1. The number of aryl methyl sites for hydroxylation is 2. The summed E-state index contributed by atoms with van der Waals surface area (Å²) in [7, 11) is 0. The molecule has 0 aliphatic heterocycles. The molecule has 0 saturated heterocycles. The molecule has 2 rings (SSSR count). The molecule has 0 spiro atoms. The van der Waals surface area contributed by atoms with Gasteiger partial charge < -0.3 is 9.88 Å². The van der Waals surface area contributed by atoms with Crippen molar-refractivity contribution in [2.24, 2.45) is 0 Å². The first-order valence-electron chi connectivity index (χ1n) is 6.32. The zero-order valence-electron chi connectivity index (χ0n) is 10.9. The molecule has 0 aliphatic carbocycles. The molecule has 1 aromatic heterocycles. The molecule has 4 heteroatoms. The lowest BCUT2D eigenvalue weighted by Crippen LogP contribution is -2.22. The third-order valence-electron chi connectivity index (χ3n) is 2.91. The van der Waals surface area contributed by atoms with Crippen LogP contribution in [0.2, 0.25) is 0 Å². The second-order valence-electron chi connectivity index (χ2n) is 4.49. The summed E-state index contributed by atoms with van der Waals surface area (Å²) in [4.78, 5) is 11.9. The molecule has 19 heavy (non-hydrogen) atoms. The van der Waals surface area contributed by atoms with E-state index < -0.39 is 0 Å². The third-order valence-corrected chi connectivity index (χ3v) is 3.34. The first-order valence-corrected chi connectivity index (χ1v) is 7.11. The number of hydrogen-bond acceptors (Lipinski definition) is 2. The van der Waals surface area contributed by atoms with Crippen LogP contribution in [0.25, 0.3) is 0 Å². The van der Waals surface area contributed by atoms with Crippen molar-refractivity contribution >= 4 is 21.6 Å². The number of para-hydroxylation sites is 1. The Morgan fingerprint density at radius 3 is 2.74 bits per heavy atom. The highest BCUT2D eigenvalue weighted by Crippen LogP contribution is 2.09. The van der Waals surface area contributed by atoms with Gasteiger partial charge in [0.2, 0.25) is 0 Å². The van der Waals surface area contributed by atoms with Crippen LogP contribution in [0.1, 0.15) is 12.0 Å². The number of nitrogens with one attached hydrogen (secondary N) is 1. The SMILES string of the molecule is Cc1cc(Br)cn(CCCNc2ccccc2)c1=O. The predicted molar refractivity (Wildman–Crippen MR) is 82.7 cm³/mol. The van der Waals surface area contributed by atoms with Gasteiger partial charge in [-0.1, -0.05) is 18.2 Å². The molecule has 0 unspecified atom stereocenters. The van der Waals surface area contributed by atoms with Crippen molar-refractivity contribution in [3.63, 3.8) is 0 Å². The highest BCUT2D eigenvalue weighted by molar-refractivity contribution is 9.10. The molecule has 0 radical (unpaired) electrons. The molecule has 2 aromatic rings. The maximum Gasteiger partial charge on any atom is 0.253 e. The summed E-state index contributed by atoms with van der Waals surface area (Å²) in [6.45, 7) is 3.41. The van der Waals surface area contributed by atoms with Crippen molar-refractivity contribution in [2.45, 2.75) is 19.9 Å². The van der Waals surface area contributed by atoms with Crippen LogP contribution in [0.4, 0.5) is 5.69 Å². The van der Waals surface area contributed by atoms with E-state index in [-0.39, 0.29) is 5.56 Å². The van der Waals surface area contributed by atoms with Crippen molar-refractivity contribution in [3.8, 4) is 0 Å². The molecular weight excluding hydrogens is 304 g/mol. The van der Waals surface area contributed by atoms with E-state index in [4.69, 9.17) is 0 Å². The average Bonchev–Trinajstić information content (AvgIpc) is 2.41. The van der Waals surface area contributed by atoms with Gasteiger partial charge in [-0.05, 0) is 47.5 Å². The second kappa shape index (κ2) is 6.57. The summed E-state index contributed by atoms with van der Waals surface area (Å²) >= 11 is 3.42. The summed E-state index contributed by atoms with van der Waals surface area (Å²) < 4.78 is 2.70. The maximum absolute atomic E-state index is 11.9. The minimum atomic E-state index is 0.0860. The van der Waals surface area contributed by atoms with E-state index in [0.717, 1.165) is 35.2 Å². The van der Waals surface area contributed by atoms with Crippen molar-refractivity contribution in [2.75, 3.05) is 11.9 Å². The number of pyridine rings is 1. The van der Waals surface area contributed by atoms with Crippen molar-refractivity contribution in [3.05, 3.63) is 63.0 Å². The van der Waals surface area contributed by atoms with Crippen LogP contribution in [0.5, 0.6) is 0 Å². The molecule has 0 atom stereocenters. The highest BCUT2D eigenvalue weighted by Gasteiger charge is 2.01. The van der Waals surface area contributed by atoms with Crippen LogP contribution >= 0.6 is 15.9 Å². The Morgan fingerprint density at radius 2 is 2.00 bits per heavy atom. The predicted octanol–water partition coefficient (Wildman–Crippen LogP) is 3.42. The second-order valence-corrected chi connectivity index (χ2v) is 5.40. The first kappa shape index (κ1) is 13.9. The molecule has 1 aromatic carbocycles. The normalized spacial score (nSPS) is 10.4. The van der Waals surface area contributed by atoms with Crippen LogP contribution in [0, 0.1) is 6.92 Å². The number of rotatable bonds is 5. The number of nitrogens with zero attached hydrogens (tertiary/aromatic N) is 1. The molecule has 0 fully saturated rings. The quantitative estimate of drug-likeness (QED) is 0.856. The summed E-state index contributed by atoms with van der Waals surface area (Å²) in [6.07, 6.45) is 2.75. The van der Waals surface area contributed by atoms with Gasteiger partial charge in [0.1, 0.15) is 0 Å². The van der Waals surface area contributed by atoms with Gasteiger partial charge in [0, 0.05) is 35.0 Å². The summed E-state index contributed by atoms with van der Waals surface area (Å²) in [5, 5.41) is 3.34. The fourth-order valence-electron chi connectivity index (χ4n) is 1.94. The summed E-state index contributed by atoms with van der Waals surface area (Å²) in [5.74, 6) is 0. The molecule has 100 valence electrons. The lowest BCUT2D eigenvalue weighted by molar-refractivity contribution is 0.634. The van der Waals surface area contributed by atoms with Gasteiger partial charge in [-0.2, -0.15) is 0 Å². The maximum atomic E-state index is 11.9. The Balaban J connectivity index is 1.88. The van der Waals surface area contributed by atoms with Crippen molar-refractivity contribution < 1.29 is 0 Å². The van der Waals surface area contributed by atoms with E-state index in [0.29, 0.717) is 0 Å². The zero-order valence-corrected chi connectivity index (χ0v) is 12.5. The monoisotopic (exact) mass is 320 g/mol. The van der Waals surface area contributed by atoms with Crippen LogP contribution in [-0.4, -0.2) is 11.1 Å². The van der Waals surface area contributed by atoms with Gasteiger partial charge >= 0.3 is 0 Å². The van der Waals surface area contributed by atoms with E-state index in [9.17, 15) is 4.79 Å². The molecule has 1 N–H and O–H groups in total. The average molecular weight is 321 g/mol. The summed E-state index contributed by atoms with van der Waals surface area (Å²) in [6, 6.07) is 11.9. The van der Waals surface area contributed by atoms with Crippen LogP contribution < -0.4 is 10.9 Å². The van der Waals surface area contributed by atoms with E-state index >= 15 is 0 Å². The van der Waals surface area contributed by atoms with E-state index in [2.05, 4.69) is 21.2 Å². The van der Waals surface area contributed by atoms with Gasteiger partial charge in [0.15, 0.2) is 0 Å². The first-order chi connectivity index (χ1) is 9.16. The lowest BCUT2D eigenvalue weighted by Gasteiger charge is -2.09. The number of halogens is 1. The van der Waals surface area contributed by atoms with E-state index in [1.165, 1.54) is 0 Å². The van der Waals surface area contributed by atoms with Gasteiger partial charge in [-0.3, -0.25) is 4.79 Å². The van der Waals surface area contributed by atoms with Gasteiger partial charge in [0.05, 0.1) is 0 Å². The van der Waals surface area contributed by atoms with E-state index in [1.807, 2.05) is 49.5 Å². The minimum absolute atomic E-state index is 0.0860. The highest BCUT2D eigenvalue weighted by atomic mass is 79.9. The molecule has 0 amide bonds. The Morgan fingerprint density at radius 1 is 1.26 bits per heavy atom. The zero-order chi connectivity index (χ0) is 13.7. The van der Waals surface area contributed by atoms with Crippen LogP contribution in [-0.2, 0) is 6.54 Å². The molecule has 3 nitrogen and oxygen atoms in total. The van der Waals surface area contributed by atoms with Crippen LogP contribution in [0.15, 0.2) is 51.9 Å². The Bertz CT molecular complexity index is 593. The lowest BCUT2D eigenvalue weighted by atomic mass is 10.3. The number of hydrogen-bond donors (Lipinski definition) is 1. The Labute approximate surface area is 121 Å². The minimum Gasteiger partial charge on any atom is -0.385 e. The van der Waals surface area contributed by atoms with Gasteiger partial charge in [-0.25, -0.2) is 0 Å². The van der Waals surface area contributed by atoms with Crippen molar-refractivity contribution in [1.29, 1.82) is 0 Å². The van der Waals surface area contributed by atoms with Crippen LogP contribution in [0.3, 0.4) is 0 Å². The molecule has 1 heterocycles. The molecule has 0 bridgehead atoms. The standard InChI is InChI=1S/C15H17BrN2O/c1-12-10-13(16)11-18(15(12)19)9-5-8-17-14-6-3-2-4-7-14/h2-4,6-7,10-11,17H,5,8-9H2,1H3.